The van der Waals surface area contributed by atoms with Crippen LogP contribution in [0.2, 0.25) is 0 Å². The largest absolute Gasteiger partial charge is 0.479 e. The Kier molecular flexibility index (Phi) is 4.36. The van der Waals surface area contributed by atoms with E-state index in [1.165, 1.54) is 6.33 Å². The number of rotatable bonds is 5. The highest BCUT2D eigenvalue weighted by Crippen LogP contribution is 2.27. The van der Waals surface area contributed by atoms with Crippen LogP contribution < -0.4 is 4.74 Å². The van der Waals surface area contributed by atoms with Crippen LogP contribution in [0.4, 0.5) is 0 Å². The van der Waals surface area contributed by atoms with Gasteiger partial charge in [-0.1, -0.05) is 12.1 Å². The number of imidazole rings is 1. The van der Waals surface area contributed by atoms with E-state index in [2.05, 4.69) is 19.9 Å². The van der Waals surface area contributed by atoms with Crippen LogP contribution in [-0.4, -0.2) is 47.3 Å². The van der Waals surface area contributed by atoms with Crippen molar-refractivity contribution in [3.8, 4) is 11.6 Å². The minimum atomic E-state index is -0.950. The molecule has 1 N–H and O–H groups in total. The first-order chi connectivity index (χ1) is 15.0. The molecule has 5 aromatic rings. The summed E-state index contributed by atoms with van der Waals surface area (Å²) in [5.41, 5.74) is 4.92. The van der Waals surface area contributed by atoms with Crippen molar-refractivity contribution in [1.29, 1.82) is 0 Å². The molecule has 0 aliphatic carbocycles. The predicted octanol–water partition coefficient (Wildman–Crippen LogP) is 3.23. The van der Waals surface area contributed by atoms with Crippen molar-refractivity contribution < 1.29 is 14.6 Å². The number of carboxylic acid groups (broad SMARTS) is 1. The van der Waals surface area contributed by atoms with E-state index in [-0.39, 0.29) is 5.56 Å². The lowest BCUT2D eigenvalue weighted by Gasteiger charge is -2.10. The number of carbonyl (C=O) groups is 1. The molecular weight excluding hydrogens is 396 g/mol. The van der Waals surface area contributed by atoms with Gasteiger partial charge >= 0.3 is 5.97 Å². The van der Waals surface area contributed by atoms with Crippen molar-refractivity contribution >= 4 is 28.2 Å². The molecule has 4 heterocycles. The van der Waals surface area contributed by atoms with Crippen LogP contribution in [0.5, 0.6) is 5.88 Å². The number of benzene rings is 1. The van der Waals surface area contributed by atoms with E-state index in [0.29, 0.717) is 18.1 Å². The monoisotopic (exact) mass is 414 g/mol. The number of nitrogens with zero attached hydrogens (tertiary/aromatic N) is 6. The highest BCUT2D eigenvalue weighted by molar-refractivity contribution is 5.87. The highest BCUT2D eigenvalue weighted by Gasteiger charge is 2.15. The summed E-state index contributed by atoms with van der Waals surface area (Å²) in [5.74, 6) is 0.317. The van der Waals surface area contributed by atoms with Gasteiger partial charge in [0.05, 0.1) is 35.6 Å². The minimum Gasteiger partial charge on any atom is -0.479 e. The first-order valence-corrected chi connectivity index (χ1v) is 9.56. The SMILES string of the molecule is COc1ncnc2ccn(-c3cnc4nc(C)n(Cc5cccc(C(=O)O)c5)c4c3)c12. The molecule has 0 saturated carbocycles. The summed E-state index contributed by atoms with van der Waals surface area (Å²) in [6.45, 7) is 2.39. The van der Waals surface area contributed by atoms with E-state index >= 15 is 0 Å². The fourth-order valence-electron chi connectivity index (χ4n) is 3.73. The van der Waals surface area contributed by atoms with Gasteiger partial charge in [-0.05, 0) is 36.8 Å². The van der Waals surface area contributed by atoms with E-state index in [1.807, 2.05) is 40.5 Å². The van der Waals surface area contributed by atoms with E-state index in [9.17, 15) is 9.90 Å². The van der Waals surface area contributed by atoms with Crippen molar-refractivity contribution in [3.63, 3.8) is 0 Å². The van der Waals surface area contributed by atoms with Gasteiger partial charge in [-0.2, -0.15) is 4.98 Å². The van der Waals surface area contributed by atoms with Crippen LogP contribution in [-0.2, 0) is 6.54 Å². The lowest BCUT2D eigenvalue weighted by atomic mass is 10.1. The van der Waals surface area contributed by atoms with E-state index in [4.69, 9.17) is 4.74 Å². The van der Waals surface area contributed by atoms with Crippen molar-refractivity contribution in [2.45, 2.75) is 13.5 Å². The molecule has 0 radical (unpaired) electrons. The third-order valence-electron chi connectivity index (χ3n) is 5.21. The van der Waals surface area contributed by atoms with Gasteiger partial charge in [0.25, 0.3) is 0 Å². The quantitative estimate of drug-likeness (QED) is 0.470. The number of aromatic carboxylic acids is 1. The number of fused-ring (bicyclic) bond motifs is 2. The minimum absolute atomic E-state index is 0.254. The average Bonchev–Trinajstić information content (AvgIpc) is 3.34. The first-order valence-electron chi connectivity index (χ1n) is 9.56. The average molecular weight is 414 g/mol. The van der Waals surface area contributed by atoms with Crippen molar-refractivity contribution in [2.75, 3.05) is 7.11 Å². The van der Waals surface area contributed by atoms with Gasteiger partial charge in [0.1, 0.15) is 17.7 Å². The van der Waals surface area contributed by atoms with Crippen molar-refractivity contribution in [2.24, 2.45) is 0 Å². The molecule has 154 valence electrons. The lowest BCUT2D eigenvalue weighted by Crippen LogP contribution is -2.04. The second-order valence-electron chi connectivity index (χ2n) is 7.09. The molecular formula is C22H18N6O3. The molecule has 9 heteroatoms. The van der Waals surface area contributed by atoms with Crippen LogP contribution in [0.25, 0.3) is 27.9 Å². The van der Waals surface area contributed by atoms with E-state index in [1.54, 1.807) is 31.5 Å². The Morgan fingerprint density at radius 1 is 1.16 bits per heavy atom. The molecule has 1 aromatic carbocycles. The van der Waals surface area contributed by atoms with Gasteiger partial charge < -0.3 is 19.0 Å². The fourth-order valence-corrected chi connectivity index (χ4v) is 3.73. The van der Waals surface area contributed by atoms with Gasteiger partial charge in [0.2, 0.25) is 5.88 Å². The Balaban J connectivity index is 1.63. The third kappa shape index (κ3) is 3.16. The standard InChI is InChI=1S/C22H18N6O3/c1-13-26-20-18(28(13)11-14-4-3-5-15(8-14)22(29)30)9-16(10-23-20)27-7-6-17-19(27)21(31-2)25-12-24-17/h3-10,12H,11H2,1-2H3,(H,29,30). The van der Waals surface area contributed by atoms with Gasteiger partial charge in [-0.3, -0.25) is 0 Å². The van der Waals surface area contributed by atoms with Gasteiger partial charge in [0, 0.05) is 12.7 Å². The van der Waals surface area contributed by atoms with Crippen LogP contribution in [0.3, 0.4) is 0 Å². The molecule has 0 aliphatic heterocycles. The van der Waals surface area contributed by atoms with Gasteiger partial charge in [-0.15, -0.1) is 0 Å². The number of ether oxygens (including phenoxy) is 1. The summed E-state index contributed by atoms with van der Waals surface area (Å²) in [4.78, 5) is 28.9. The van der Waals surface area contributed by atoms with Crippen LogP contribution in [0, 0.1) is 6.92 Å². The van der Waals surface area contributed by atoms with Gasteiger partial charge in [0.15, 0.2) is 5.65 Å². The molecule has 0 unspecified atom stereocenters. The molecule has 0 bridgehead atoms. The topological polar surface area (TPSA) is 108 Å². The number of hydrogen-bond donors (Lipinski definition) is 1. The molecule has 0 atom stereocenters. The Bertz CT molecular complexity index is 1450. The van der Waals surface area contributed by atoms with Crippen LogP contribution >= 0.6 is 0 Å². The maximum atomic E-state index is 11.3. The summed E-state index contributed by atoms with van der Waals surface area (Å²) in [6, 6.07) is 10.8. The number of hydrogen-bond acceptors (Lipinski definition) is 6. The molecule has 0 aliphatic rings. The first kappa shape index (κ1) is 18.7. The Morgan fingerprint density at radius 2 is 2.03 bits per heavy atom. The molecule has 4 aromatic heterocycles. The van der Waals surface area contributed by atoms with Crippen LogP contribution in [0.15, 0.2) is 55.1 Å². The summed E-state index contributed by atoms with van der Waals surface area (Å²) in [7, 11) is 1.57. The molecule has 5 rings (SSSR count). The Labute approximate surface area is 176 Å². The molecule has 0 saturated heterocycles. The number of carboxylic acids is 1. The summed E-state index contributed by atoms with van der Waals surface area (Å²) in [5, 5.41) is 9.28. The third-order valence-corrected chi connectivity index (χ3v) is 5.21. The van der Waals surface area contributed by atoms with Crippen molar-refractivity contribution in [3.05, 3.63) is 72.1 Å². The summed E-state index contributed by atoms with van der Waals surface area (Å²) in [6.07, 6.45) is 5.11. The maximum absolute atomic E-state index is 11.3. The summed E-state index contributed by atoms with van der Waals surface area (Å²) < 4.78 is 9.36. The number of aryl methyl sites for hydroxylation is 1. The zero-order valence-corrected chi connectivity index (χ0v) is 16.9. The number of pyridine rings is 1. The Morgan fingerprint density at radius 3 is 2.84 bits per heavy atom. The number of aromatic nitrogens is 6. The fraction of sp³-hybridized carbons (Fsp3) is 0.136. The maximum Gasteiger partial charge on any atom is 0.335 e. The molecule has 0 spiro atoms. The molecule has 0 fully saturated rings. The zero-order valence-electron chi connectivity index (χ0n) is 16.9. The molecule has 0 amide bonds. The Hall–Kier alpha value is -4.27. The molecule has 31 heavy (non-hydrogen) atoms. The zero-order chi connectivity index (χ0) is 21.5. The summed E-state index contributed by atoms with van der Waals surface area (Å²) >= 11 is 0. The second-order valence-corrected chi connectivity index (χ2v) is 7.09. The second kappa shape index (κ2) is 7.21. The highest BCUT2D eigenvalue weighted by atomic mass is 16.5. The van der Waals surface area contributed by atoms with E-state index < -0.39 is 5.97 Å². The van der Waals surface area contributed by atoms with Gasteiger partial charge in [-0.25, -0.2) is 19.7 Å². The normalized spacial score (nSPS) is 11.3. The smallest absolute Gasteiger partial charge is 0.335 e. The number of methoxy groups -OCH3 is 1. The van der Waals surface area contributed by atoms with Crippen LogP contribution in [0.1, 0.15) is 21.7 Å². The lowest BCUT2D eigenvalue weighted by molar-refractivity contribution is 0.0696. The van der Waals surface area contributed by atoms with Crippen molar-refractivity contribution in [1.82, 2.24) is 29.1 Å². The van der Waals surface area contributed by atoms with E-state index in [0.717, 1.165) is 33.6 Å². The predicted molar refractivity (Wildman–Crippen MR) is 114 cm³/mol. The molecule has 9 nitrogen and oxygen atoms in total.